The molecule has 2 rings (SSSR count). The Bertz CT molecular complexity index is 380. The number of nitrogens with zero attached hydrogens (tertiary/aromatic N) is 1. The summed E-state index contributed by atoms with van der Waals surface area (Å²) in [6, 6.07) is 3.37. The third-order valence-electron chi connectivity index (χ3n) is 2.73. The summed E-state index contributed by atoms with van der Waals surface area (Å²) in [7, 11) is 0. The van der Waals surface area contributed by atoms with Gasteiger partial charge in [-0.1, -0.05) is 27.5 Å². The highest BCUT2D eigenvalue weighted by Crippen LogP contribution is 2.27. The van der Waals surface area contributed by atoms with Crippen molar-refractivity contribution in [2.45, 2.75) is 6.54 Å². The molecule has 0 bridgehead atoms. The van der Waals surface area contributed by atoms with Crippen molar-refractivity contribution < 1.29 is 4.39 Å². The van der Waals surface area contributed by atoms with E-state index in [2.05, 4.69) is 26.1 Å². The summed E-state index contributed by atoms with van der Waals surface area (Å²) in [5, 5.41) is 3.46. The maximum atomic E-state index is 13.8. The summed E-state index contributed by atoms with van der Waals surface area (Å²) in [4.78, 5) is 2.22. The van der Waals surface area contributed by atoms with Gasteiger partial charge >= 0.3 is 0 Å². The van der Waals surface area contributed by atoms with E-state index < -0.39 is 0 Å². The second kappa shape index (κ2) is 5.45. The molecule has 1 aromatic carbocycles. The van der Waals surface area contributed by atoms with Crippen LogP contribution in [0.5, 0.6) is 0 Å². The Hall–Kier alpha value is -0.160. The van der Waals surface area contributed by atoms with Gasteiger partial charge in [0.05, 0.1) is 5.02 Å². The minimum atomic E-state index is -0.311. The number of benzene rings is 1. The number of hydrogen-bond donors (Lipinski definition) is 1. The fraction of sp³-hybridized carbons (Fsp3) is 0.455. The van der Waals surface area contributed by atoms with Crippen molar-refractivity contribution in [3.05, 3.63) is 33.0 Å². The van der Waals surface area contributed by atoms with Gasteiger partial charge < -0.3 is 5.32 Å². The van der Waals surface area contributed by atoms with Crippen molar-refractivity contribution in [1.29, 1.82) is 0 Å². The highest BCUT2D eigenvalue weighted by molar-refractivity contribution is 9.10. The second-order valence-electron chi connectivity index (χ2n) is 3.85. The third-order valence-corrected chi connectivity index (χ3v) is 3.77. The normalized spacial score (nSPS) is 17.7. The Morgan fingerprint density at radius 3 is 2.75 bits per heavy atom. The number of nitrogens with one attached hydrogen (secondary N) is 1. The van der Waals surface area contributed by atoms with Crippen molar-refractivity contribution >= 4 is 27.5 Å². The maximum absolute atomic E-state index is 13.8. The minimum absolute atomic E-state index is 0.188. The topological polar surface area (TPSA) is 15.3 Å². The first-order valence-electron chi connectivity index (χ1n) is 5.24. The standard InChI is InChI=1S/C11H13BrClFN2/c12-9-1-2-10(13)11(14)8(9)7-16-5-3-15-4-6-16/h1-2,15H,3-7H2. The van der Waals surface area contributed by atoms with E-state index in [4.69, 9.17) is 11.6 Å². The summed E-state index contributed by atoms with van der Waals surface area (Å²) in [5.41, 5.74) is 0.648. The molecule has 5 heteroatoms. The first kappa shape index (κ1) is 12.3. The van der Waals surface area contributed by atoms with Crippen molar-refractivity contribution in [3.8, 4) is 0 Å². The van der Waals surface area contributed by atoms with Crippen LogP contribution in [0.2, 0.25) is 5.02 Å². The third kappa shape index (κ3) is 2.74. The molecule has 1 heterocycles. The van der Waals surface area contributed by atoms with Gasteiger partial charge in [0.1, 0.15) is 5.82 Å². The van der Waals surface area contributed by atoms with E-state index >= 15 is 0 Å². The van der Waals surface area contributed by atoms with Gasteiger partial charge in [-0.05, 0) is 12.1 Å². The molecular weight excluding hydrogens is 294 g/mol. The van der Waals surface area contributed by atoms with Gasteiger partial charge in [-0.25, -0.2) is 4.39 Å². The fourth-order valence-corrected chi connectivity index (χ4v) is 2.42. The largest absolute Gasteiger partial charge is 0.314 e. The van der Waals surface area contributed by atoms with Gasteiger partial charge in [0, 0.05) is 42.8 Å². The van der Waals surface area contributed by atoms with Crippen LogP contribution in [0.15, 0.2) is 16.6 Å². The summed E-state index contributed by atoms with van der Waals surface area (Å²) in [5.74, 6) is -0.311. The zero-order valence-corrected chi connectivity index (χ0v) is 11.1. The average molecular weight is 308 g/mol. The molecule has 0 amide bonds. The predicted octanol–water partition coefficient (Wildman–Crippen LogP) is 2.65. The summed E-state index contributed by atoms with van der Waals surface area (Å²) in [6.45, 7) is 4.41. The molecular formula is C11H13BrClFN2. The van der Waals surface area contributed by atoms with Crippen LogP contribution < -0.4 is 5.32 Å². The first-order chi connectivity index (χ1) is 7.68. The molecule has 0 atom stereocenters. The van der Waals surface area contributed by atoms with E-state index in [0.717, 1.165) is 30.7 Å². The smallest absolute Gasteiger partial charge is 0.147 e. The molecule has 0 radical (unpaired) electrons. The zero-order chi connectivity index (χ0) is 11.5. The SMILES string of the molecule is Fc1c(Cl)ccc(Br)c1CN1CCNCC1. The monoisotopic (exact) mass is 306 g/mol. The molecule has 1 N–H and O–H groups in total. The van der Waals surface area contributed by atoms with Crippen molar-refractivity contribution in [1.82, 2.24) is 10.2 Å². The maximum Gasteiger partial charge on any atom is 0.147 e. The molecule has 0 spiro atoms. The number of piperazine rings is 1. The number of halogens is 3. The van der Waals surface area contributed by atoms with Crippen molar-refractivity contribution in [2.75, 3.05) is 26.2 Å². The number of rotatable bonds is 2. The minimum Gasteiger partial charge on any atom is -0.314 e. The van der Waals surface area contributed by atoms with E-state index in [1.807, 2.05) is 0 Å². The Morgan fingerprint density at radius 1 is 1.38 bits per heavy atom. The second-order valence-corrected chi connectivity index (χ2v) is 5.11. The van der Waals surface area contributed by atoms with E-state index in [1.165, 1.54) is 0 Å². The van der Waals surface area contributed by atoms with Crippen LogP contribution in [0.3, 0.4) is 0 Å². The summed E-state index contributed by atoms with van der Waals surface area (Å²) >= 11 is 9.14. The van der Waals surface area contributed by atoms with Crippen LogP contribution in [0, 0.1) is 5.82 Å². The Kier molecular flexibility index (Phi) is 4.19. The Labute approximate surface area is 108 Å². The molecule has 0 unspecified atom stereocenters. The highest BCUT2D eigenvalue weighted by atomic mass is 79.9. The molecule has 0 aromatic heterocycles. The number of hydrogen-bond acceptors (Lipinski definition) is 2. The van der Waals surface area contributed by atoms with Crippen molar-refractivity contribution in [3.63, 3.8) is 0 Å². The van der Waals surface area contributed by atoms with Gasteiger partial charge in [-0.2, -0.15) is 0 Å². The average Bonchev–Trinajstić information content (AvgIpc) is 2.31. The molecule has 1 aliphatic rings. The quantitative estimate of drug-likeness (QED) is 0.845. The molecule has 0 saturated carbocycles. The predicted molar refractivity (Wildman–Crippen MR) is 67.3 cm³/mol. The summed E-state index contributed by atoms with van der Waals surface area (Å²) in [6.07, 6.45) is 0. The van der Waals surface area contributed by atoms with Gasteiger partial charge in [0.15, 0.2) is 0 Å². The summed E-state index contributed by atoms with van der Waals surface area (Å²) < 4.78 is 14.6. The van der Waals surface area contributed by atoms with Gasteiger partial charge in [0.25, 0.3) is 0 Å². The van der Waals surface area contributed by atoms with Gasteiger partial charge in [-0.15, -0.1) is 0 Å². The Balaban J connectivity index is 2.16. The Morgan fingerprint density at radius 2 is 2.06 bits per heavy atom. The molecule has 88 valence electrons. The van der Waals surface area contributed by atoms with Crippen LogP contribution in [0.25, 0.3) is 0 Å². The van der Waals surface area contributed by atoms with E-state index in [-0.39, 0.29) is 10.8 Å². The molecule has 1 saturated heterocycles. The molecule has 1 aromatic rings. The first-order valence-corrected chi connectivity index (χ1v) is 6.41. The highest BCUT2D eigenvalue weighted by Gasteiger charge is 2.16. The van der Waals surface area contributed by atoms with Crippen LogP contribution in [-0.2, 0) is 6.54 Å². The van der Waals surface area contributed by atoms with Gasteiger partial charge in [0.2, 0.25) is 0 Å². The van der Waals surface area contributed by atoms with E-state index in [9.17, 15) is 4.39 Å². The van der Waals surface area contributed by atoms with E-state index in [0.29, 0.717) is 12.1 Å². The molecule has 2 nitrogen and oxygen atoms in total. The molecule has 0 aliphatic carbocycles. The lowest BCUT2D eigenvalue weighted by Crippen LogP contribution is -2.43. The molecule has 1 fully saturated rings. The van der Waals surface area contributed by atoms with Gasteiger partial charge in [-0.3, -0.25) is 4.90 Å². The van der Waals surface area contributed by atoms with Crippen molar-refractivity contribution in [2.24, 2.45) is 0 Å². The van der Waals surface area contributed by atoms with Crippen LogP contribution in [0.1, 0.15) is 5.56 Å². The van der Waals surface area contributed by atoms with Crippen LogP contribution in [-0.4, -0.2) is 31.1 Å². The lowest BCUT2D eigenvalue weighted by Gasteiger charge is -2.27. The lowest BCUT2D eigenvalue weighted by molar-refractivity contribution is 0.230. The molecule has 16 heavy (non-hydrogen) atoms. The zero-order valence-electron chi connectivity index (χ0n) is 8.77. The van der Waals surface area contributed by atoms with Crippen LogP contribution in [0.4, 0.5) is 4.39 Å². The van der Waals surface area contributed by atoms with E-state index in [1.54, 1.807) is 12.1 Å². The lowest BCUT2D eigenvalue weighted by atomic mass is 10.2. The molecule has 1 aliphatic heterocycles. The fourth-order valence-electron chi connectivity index (χ4n) is 1.81. The van der Waals surface area contributed by atoms with Crippen LogP contribution >= 0.6 is 27.5 Å².